The van der Waals surface area contributed by atoms with E-state index in [2.05, 4.69) is 33.0 Å². The largest absolute Gasteiger partial charge is 0.492 e. The molecule has 168 valence electrons. The van der Waals surface area contributed by atoms with Crippen LogP contribution in [0.1, 0.15) is 29.5 Å². The van der Waals surface area contributed by atoms with Crippen LogP contribution in [0.25, 0.3) is 11.1 Å². The lowest BCUT2D eigenvalue weighted by Crippen LogP contribution is -2.19. The maximum atomic E-state index is 14.1. The van der Waals surface area contributed by atoms with Crippen molar-refractivity contribution in [3.63, 3.8) is 0 Å². The van der Waals surface area contributed by atoms with Gasteiger partial charge in [-0.15, -0.1) is 0 Å². The molecule has 32 heavy (non-hydrogen) atoms. The van der Waals surface area contributed by atoms with Crippen LogP contribution in [-0.2, 0) is 0 Å². The maximum absolute atomic E-state index is 14.1. The van der Waals surface area contributed by atoms with Crippen molar-refractivity contribution >= 4 is 27.1 Å². The Morgan fingerprint density at radius 1 is 0.938 bits per heavy atom. The van der Waals surface area contributed by atoms with E-state index in [-0.39, 0.29) is 12.4 Å². The molecule has 3 nitrogen and oxygen atoms in total. The van der Waals surface area contributed by atoms with Crippen LogP contribution in [0.3, 0.4) is 0 Å². The summed E-state index contributed by atoms with van der Waals surface area (Å²) in [4.78, 5) is 2.08. The molecule has 0 aliphatic carbocycles. The molecule has 3 rings (SSSR count). The summed E-state index contributed by atoms with van der Waals surface area (Å²) in [6.45, 7) is 1.54. The molecule has 3 aromatic rings. The predicted molar refractivity (Wildman–Crippen MR) is 133 cm³/mol. The zero-order chi connectivity index (χ0) is 22.9. The first-order valence-electron chi connectivity index (χ1n) is 10.7. The van der Waals surface area contributed by atoms with E-state index < -0.39 is 0 Å². The summed E-state index contributed by atoms with van der Waals surface area (Å²) in [5.41, 5.74) is 4.90. The van der Waals surface area contributed by atoms with Gasteiger partial charge in [0.2, 0.25) is 0 Å². The average Bonchev–Trinajstić information content (AvgIpc) is 2.78. The maximum Gasteiger partial charge on any atom is 0.123 e. The minimum Gasteiger partial charge on any atom is -0.492 e. The van der Waals surface area contributed by atoms with Gasteiger partial charge in [0.25, 0.3) is 0 Å². The fraction of sp³-hybridized carbons (Fsp3) is 0.259. The summed E-state index contributed by atoms with van der Waals surface area (Å²) in [6, 6.07) is 22.8. The fourth-order valence-corrected chi connectivity index (χ4v) is 3.81. The number of nitrogens with zero attached hydrogens (tertiary/aromatic N) is 1. The Kier molecular flexibility index (Phi) is 9.03. The quantitative estimate of drug-likeness (QED) is 0.335. The summed E-state index contributed by atoms with van der Waals surface area (Å²) in [6.07, 6.45) is 1.23. The van der Waals surface area contributed by atoms with Gasteiger partial charge in [-0.1, -0.05) is 52.3 Å². The standard InChI is InChI=1S/C27H29BrFNO2/c1-30(2)16-18-32-25-14-10-21(11-15-25)27(20-8-12-23(28)13-9-20)26(7-4-17-31)22-5-3-6-24(29)19-22/h3,5-6,8-15,19,31H,4,7,16-18H2,1-2H3/b27-26-. The van der Waals surface area contributed by atoms with Crippen molar-refractivity contribution in [2.45, 2.75) is 12.8 Å². The lowest BCUT2D eigenvalue weighted by molar-refractivity contribution is 0.261. The van der Waals surface area contributed by atoms with E-state index in [1.54, 1.807) is 12.1 Å². The van der Waals surface area contributed by atoms with Crippen LogP contribution in [0.2, 0.25) is 0 Å². The van der Waals surface area contributed by atoms with Gasteiger partial charge in [-0.3, -0.25) is 0 Å². The number of aliphatic hydroxyl groups excluding tert-OH is 1. The average molecular weight is 498 g/mol. The molecule has 0 fully saturated rings. The zero-order valence-electron chi connectivity index (χ0n) is 18.5. The topological polar surface area (TPSA) is 32.7 Å². The zero-order valence-corrected chi connectivity index (χ0v) is 20.1. The van der Waals surface area contributed by atoms with E-state index in [1.165, 1.54) is 6.07 Å². The van der Waals surface area contributed by atoms with Crippen molar-refractivity contribution in [3.05, 3.63) is 99.8 Å². The Hall–Kier alpha value is -2.47. The van der Waals surface area contributed by atoms with E-state index in [4.69, 9.17) is 4.74 Å². The van der Waals surface area contributed by atoms with Gasteiger partial charge in [0.1, 0.15) is 18.2 Å². The van der Waals surface area contributed by atoms with E-state index in [0.29, 0.717) is 19.4 Å². The van der Waals surface area contributed by atoms with Crippen LogP contribution in [0.15, 0.2) is 77.3 Å². The number of likely N-dealkylation sites (N-methyl/N-ethyl adjacent to an activating group) is 1. The van der Waals surface area contributed by atoms with Gasteiger partial charge in [0, 0.05) is 17.6 Å². The second kappa shape index (κ2) is 12.0. The second-order valence-corrected chi connectivity index (χ2v) is 8.79. The first-order valence-corrected chi connectivity index (χ1v) is 11.5. The Morgan fingerprint density at radius 3 is 2.19 bits per heavy atom. The molecule has 0 bridgehead atoms. The molecule has 0 aliphatic heterocycles. The van der Waals surface area contributed by atoms with Crippen molar-refractivity contribution in [1.29, 1.82) is 0 Å². The monoisotopic (exact) mass is 497 g/mol. The first-order chi connectivity index (χ1) is 15.5. The highest BCUT2D eigenvalue weighted by Gasteiger charge is 2.15. The number of allylic oxidation sites excluding steroid dienone is 1. The number of aliphatic hydroxyl groups is 1. The number of rotatable bonds is 10. The summed E-state index contributed by atoms with van der Waals surface area (Å²) in [7, 11) is 4.03. The smallest absolute Gasteiger partial charge is 0.123 e. The molecule has 5 heteroatoms. The third kappa shape index (κ3) is 6.76. The van der Waals surface area contributed by atoms with Crippen LogP contribution in [0, 0.1) is 5.82 Å². The van der Waals surface area contributed by atoms with Crippen LogP contribution < -0.4 is 4.74 Å². The molecular formula is C27H29BrFNO2. The highest BCUT2D eigenvalue weighted by atomic mass is 79.9. The van der Waals surface area contributed by atoms with Crippen molar-refractivity contribution in [2.75, 3.05) is 33.9 Å². The molecular weight excluding hydrogens is 469 g/mol. The third-order valence-corrected chi connectivity index (χ3v) is 5.67. The first kappa shape index (κ1) is 24.2. The fourth-order valence-electron chi connectivity index (χ4n) is 3.54. The normalized spacial score (nSPS) is 12.1. The Balaban J connectivity index is 2.08. The molecule has 0 aliphatic rings. The van der Waals surface area contributed by atoms with Crippen LogP contribution in [0.5, 0.6) is 5.75 Å². The summed E-state index contributed by atoms with van der Waals surface area (Å²) < 4.78 is 20.9. The summed E-state index contributed by atoms with van der Waals surface area (Å²) in [5, 5.41) is 9.51. The Labute approximate surface area is 198 Å². The van der Waals surface area contributed by atoms with Crippen LogP contribution >= 0.6 is 15.9 Å². The van der Waals surface area contributed by atoms with E-state index in [0.717, 1.165) is 44.6 Å². The molecule has 3 aromatic carbocycles. The Bertz CT molecular complexity index is 1030. The number of ether oxygens (including phenoxy) is 1. The molecule has 0 radical (unpaired) electrons. The highest BCUT2D eigenvalue weighted by molar-refractivity contribution is 9.10. The van der Waals surface area contributed by atoms with Gasteiger partial charge in [-0.25, -0.2) is 4.39 Å². The molecule has 0 unspecified atom stereocenters. The number of hydrogen-bond donors (Lipinski definition) is 1. The molecule has 0 atom stereocenters. The predicted octanol–water partition coefficient (Wildman–Crippen LogP) is 6.26. The molecule has 0 saturated carbocycles. The lowest BCUT2D eigenvalue weighted by atomic mass is 9.87. The van der Waals surface area contributed by atoms with Gasteiger partial charge in [0.05, 0.1) is 0 Å². The lowest BCUT2D eigenvalue weighted by Gasteiger charge is -2.18. The molecule has 0 spiro atoms. The molecule has 0 heterocycles. The number of halogens is 2. The number of hydrogen-bond acceptors (Lipinski definition) is 3. The van der Waals surface area contributed by atoms with E-state index >= 15 is 0 Å². The van der Waals surface area contributed by atoms with Gasteiger partial charge in [0.15, 0.2) is 0 Å². The van der Waals surface area contributed by atoms with Crippen molar-refractivity contribution in [1.82, 2.24) is 4.90 Å². The third-order valence-electron chi connectivity index (χ3n) is 5.14. The summed E-state index contributed by atoms with van der Waals surface area (Å²) >= 11 is 3.51. The molecule has 1 N–H and O–H groups in total. The summed E-state index contributed by atoms with van der Waals surface area (Å²) in [5.74, 6) is 0.539. The SMILES string of the molecule is CN(C)CCOc1ccc(/C(=C(/CCCO)c2cccc(F)c2)c2ccc(Br)cc2)cc1. The minimum absolute atomic E-state index is 0.0745. The molecule has 0 aromatic heterocycles. The van der Waals surface area contributed by atoms with Crippen molar-refractivity contribution in [2.24, 2.45) is 0 Å². The van der Waals surface area contributed by atoms with E-state index in [1.807, 2.05) is 56.6 Å². The van der Waals surface area contributed by atoms with Gasteiger partial charge in [-0.2, -0.15) is 0 Å². The minimum atomic E-state index is -0.274. The second-order valence-electron chi connectivity index (χ2n) is 7.87. The van der Waals surface area contributed by atoms with Gasteiger partial charge < -0.3 is 14.7 Å². The van der Waals surface area contributed by atoms with Crippen molar-refractivity contribution in [3.8, 4) is 5.75 Å². The van der Waals surface area contributed by atoms with Gasteiger partial charge in [-0.05, 0) is 91.2 Å². The van der Waals surface area contributed by atoms with Gasteiger partial charge >= 0.3 is 0 Å². The highest BCUT2D eigenvalue weighted by Crippen LogP contribution is 2.36. The molecule has 0 saturated heterocycles. The van der Waals surface area contributed by atoms with E-state index in [9.17, 15) is 9.50 Å². The van der Waals surface area contributed by atoms with Crippen LogP contribution in [-0.4, -0.2) is 43.9 Å². The number of benzene rings is 3. The molecule has 0 amide bonds. The Morgan fingerprint density at radius 2 is 1.59 bits per heavy atom. The van der Waals surface area contributed by atoms with Crippen LogP contribution in [0.4, 0.5) is 4.39 Å². The van der Waals surface area contributed by atoms with Crippen molar-refractivity contribution < 1.29 is 14.2 Å².